The number of rotatable bonds is 5. The van der Waals surface area contributed by atoms with Gasteiger partial charge in [-0.05, 0) is 6.92 Å². The monoisotopic (exact) mass is 197 g/mol. The molecule has 1 aromatic heterocycles. The number of hydrogen-bond acceptors (Lipinski definition) is 5. The molecule has 2 N–H and O–H groups in total. The Morgan fingerprint density at radius 2 is 2.14 bits per heavy atom. The summed E-state index contributed by atoms with van der Waals surface area (Å²) in [6.07, 6.45) is 3.15. The predicted octanol–water partition coefficient (Wildman–Crippen LogP) is -0.213. The third kappa shape index (κ3) is 2.65. The van der Waals surface area contributed by atoms with E-state index in [4.69, 9.17) is 10.2 Å². The summed E-state index contributed by atoms with van der Waals surface area (Å²) in [6.45, 7) is 3.23. The van der Waals surface area contributed by atoms with Crippen LogP contribution in [0.3, 0.4) is 0 Å². The lowest BCUT2D eigenvalue weighted by atomic mass is 10.4. The zero-order valence-electron chi connectivity index (χ0n) is 8.22. The Morgan fingerprint density at radius 1 is 1.36 bits per heavy atom. The molecule has 0 fully saturated rings. The van der Waals surface area contributed by atoms with Crippen molar-refractivity contribution in [3.63, 3.8) is 0 Å². The van der Waals surface area contributed by atoms with Gasteiger partial charge in [0, 0.05) is 13.1 Å². The molecule has 0 saturated carbocycles. The van der Waals surface area contributed by atoms with E-state index in [2.05, 4.69) is 9.97 Å². The second-order valence-electron chi connectivity index (χ2n) is 2.83. The molecule has 0 unspecified atom stereocenters. The number of nitrogens with zero attached hydrogens (tertiary/aromatic N) is 3. The highest BCUT2D eigenvalue weighted by Gasteiger charge is 2.05. The van der Waals surface area contributed by atoms with E-state index in [-0.39, 0.29) is 13.2 Å². The van der Waals surface area contributed by atoms with Gasteiger partial charge >= 0.3 is 0 Å². The lowest BCUT2D eigenvalue weighted by Crippen LogP contribution is -2.27. The molecule has 0 saturated heterocycles. The minimum atomic E-state index is -0.114. The summed E-state index contributed by atoms with van der Waals surface area (Å²) in [5.41, 5.74) is 0.541. The summed E-state index contributed by atoms with van der Waals surface area (Å²) in [5.74, 6) is 0.688. The second kappa shape index (κ2) is 5.51. The third-order valence-electron chi connectivity index (χ3n) is 1.91. The number of likely N-dealkylation sites (N-methyl/N-ethyl adjacent to an activating group) is 1. The minimum absolute atomic E-state index is 0.0822. The molecule has 0 aromatic carbocycles. The van der Waals surface area contributed by atoms with Gasteiger partial charge in [0.25, 0.3) is 0 Å². The number of aliphatic hydroxyl groups is 2. The Balaban J connectivity index is 2.80. The lowest BCUT2D eigenvalue weighted by Gasteiger charge is -2.20. The van der Waals surface area contributed by atoms with E-state index in [1.165, 1.54) is 6.20 Å². The molecule has 0 radical (unpaired) electrons. The Bertz CT molecular complexity index is 281. The lowest BCUT2D eigenvalue weighted by molar-refractivity contribution is 0.276. The van der Waals surface area contributed by atoms with Crippen molar-refractivity contribution in [1.29, 1.82) is 0 Å². The van der Waals surface area contributed by atoms with Crippen LogP contribution in [0, 0.1) is 0 Å². The van der Waals surface area contributed by atoms with Gasteiger partial charge in [-0.15, -0.1) is 0 Å². The normalized spacial score (nSPS) is 10.2. The van der Waals surface area contributed by atoms with E-state index in [9.17, 15) is 0 Å². The molecule has 0 atom stereocenters. The quantitative estimate of drug-likeness (QED) is 0.683. The van der Waals surface area contributed by atoms with Crippen molar-refractivity contribution in [2.24, 2.45) is 0 Å². The van der Waals surface area contributed by atoms with Gasteiger partial charge in [-0.2, -0.15) is 0 Å². The van der Waals surface area contributed by atoms with Crippen molar-refractivity contribution in [3.05, 3.63) is 18.1 Å². The van der Waals surface area contributed by atoms with Crippen LogP contribution >= 0.6 is 0 Å². The number of aliphatic hydroxyl groups excluding tert-OH is 2. The van der Waals surface area contributed by atoms with E-state index < -0.39 is 0 Å². The average Bonchev–Trinajstić information content (AvgIpc) is 2.26. The molecule has 0 aliphatic heterocycles. The molecule has 14 heavy (non-hydrogen) atoms. The Labute approximate surface area is 83.0 Å². The van der Waals surface area contributed by atoms with Gasteiger partial charge in [0.15, 0.2) is 0 Å². The predicted molar refractivity (Wildman–Crippen MR) is 52.9 cm³/mol. The van der Waals surface area contributed by atoms with Gasteiger partial charge < -0.3 is 15.1 Å². The molecule has 5 heteroatoms. The van der Waals surface area contributed by atoms with Gasteiger partial charge in [-0.25, -0.2) is 4.98 Å². The molecule has 0 aliphatic rings. The van der Waals surface area contributed by atoms with Crippen molar-refractivity contribution in [3.8, 4) is 0 Å². The van der Waals surface area contributed by atoms with Crippen LogP contribution < -0.4 is 4.90 Å². The molecule has 78 valence electrons. The van der Waals surface area contributed by atoms with Crippen LogP contribution in [-0.2, 0) is 6.61 Å². The molecule has 0 aliphatic carbocycles. The molecule has 1 aromatic rings. The van der Waals surface area contributed by atoms with E-state index in [0.717, 1.165) is 6.54 Å². The largest absolute Gasteiger partial charge is 0.395 e. The molecule has 0 bridgehead atoms. The Morgan fingerprint density at radius 3 is 2.71 bits per heavy atom. The summed E-state index contributed by atoms with van der Waals surface area (Å²) in [5, 5.41) is 17.7. The molecule has 5 nitrogen and oxygen atoms in total. The van der Waals surface area contributed by atoms with Crippen molar-refractivity contribution in [2.75, 3.05) is 24.6 Å². The molecular weight excluding hydrogens is 182 g/mol. The molecular formula is C9H15N3O2. The van der Waals surface area contributed by atoms with Gasteiger partial charge in [0.05, 0.1) is 31.3 Å². The second-order valence-corrected chi connectivity index (χ2v) is 2.83. The minimum Gasteiger partial charge on any atom is -0.395 e. The highest BCUT2D eigenvalue weighted by Crippen LogP contribution is 2.08. The number of hydrogen-bond donors (Lipinski definition) is 2. The summed E-state index contributed by atoms with van der Waals surface area (Å²) in [4.78, 5) is 10.0. The number of aromatic nitrogens is 2. The van der Waals surface area contributed by atoms with E-state index in [1.54, 1.807) is 6.20 Å². The van der Waals surface area contributed by atoms with Crippen LogP contribution in [0.25, 0.3) is 0 Å². The summed E-state index contributed by atoms with van der Waals surface area (Å²) in [7, 11) is 0. The van der Waals surface area contributed by atoms with Gasteiger partial charge in [0.1, 0.15) is 5.82 Å². The van der Waals surface area contributed by atoms with Crippen LogP contribution in [0.4, 0.5) is 5.82 Å². The Kier molecular flexibility index (Phi) is 4.28. The number of anilines is 1. The first-order chi connectivity index (χ1) is 6.81. The summed E-state index contributed by atoms with van der Waals surface area (Å²) in [6, 6.07) is 0. The zero-order valence-corrected chi connectivity index (χ0v) is 8.22. The van der Waals surface area contributed by atoms with Crippen molar-refractivity contribution in [2.45, 2.75) is 13.5 Å². The summed E-state index contributed by atoms with van der Waals surface area (Å²) < 4.78 is 0. The SMILES string of the molecule is CCN(CCO)c1cncc(CO)n1. The maximum Gasteiger partial charge on any atom is 0.147 e. The smallest absolute Gasteiger partial charge is 0.147 e. The average molecular weight is 197 g/mol. The van der Waals surface area contributed by atoms with Crippen LogP contribution in [0.2, 0.25) is 0 Å². The first-order valence-corrected chi connectivity index (χ1v) is 4.59. The maximum absolute atomic E-state index is 8.88. The third-order valence-corrected chi connectivity index (χ3v) is 1.91. The highest BCUT2D eigenvalue weighted by molar-refractivity contribution is 5.35. The first kappa shape index (κ1) is 10.9. The standard InChI is InChI=1S/C9H15N3O2/c1-2-12(3-4-13)9-6-10-5-8(7-14)11-9/h5-6,13-14H,2-4,7H2,1H3. The first-order valence-electron chi connectivity index (χ1n) is 4.59. The van der Waals surface area contributed by atoms with E-state index >= 15 is 0 Å². The molecule has 1 rings (SSSR count). The van der Waals surface area contributed by atoms with Crippen LogP contribution in [0.1, 0.15) is 12.6 Å². The zero-order chi connectivity index (χ0) is 10.4. The maximum atomic E-state index is 8.88. The molecule has 0 amide bonds. The fourth-order valence-corrected chi connectivity index (χ4v) is 1.18. The van der Waals surface area contributed by atoms with E-state index in [0.29, 0.717) is 18.1 Å². The van der Waals surface area contributed by atoms with E-state index in [1.807, 2.05) is 11.8 Å². The Hall–Kier alpha value is -1.20. The molecule has 0 spiro atoms. The van der Waals surface area contributed by atoms with Gasteiger partial charge in [0.2, 0.25) is 0 Å². The van der Waals surface area contributed by atoms with Crippen LogP contribution in [0.5, 0.6) is 0 Å². The summed E-state index contributed by atoms with van der Waals surface area (Å²) >= 11 is 0. The van der Waals surface area contributed by atoms with Crippen molar-refractivity contribution < 1.29 is 10.2 Å². The van der Waals surface area contributed by atoms with Crippen molar-refractivity contribution in [1.82, 2.24) is 9.97 Å². The molecule has 1 heterocycles. The highest BCUT2D eigenvalue weighted by atomic mass is 16.3. The van der Waals surface area contributed by atoms with Gasteiger partial charge in [-0.3, -0.25) is 4.98 Å². The fourth-order valence-electron chi connectivity index (χ4n) is 1.18. The van der Waals surface area contributed by atoms with Crippen LogP contribution in [0.15, 0.2) is 12.4 Å². The van der Waals surface area contributed by atoms with Gasteiger partial charge in [-0.1, -0.05) is 0 Å². The fraction of sp³-hybridized carbons (Fsp3) is 0.556. The van der Waals surface area contributed by atoms with Crippen molar-refractivity contribution >= 4 is 5.82 Å². The van der Waals surface area contributed by atoms with Crippen LogP contribution in [-0.4, -0.2) is 39.9 Å². The topological polar surface area (TPSA) is 69.5 Å².